The fourth-order valence-electron chi connectivity index (χ4n) is 13.3. The van der Waals surface area contributed by atoms with E-state index in [9.17, 15) is 121 Å². The first-order chi connectivity index (χ1) is 57.3. The van der Waals surface area contributed by atoms with E-state index in [4.69, 9.17) is 0 Å². The molecule has 13 rings (SSSR count). The van der Waals surface area contributed by atoms with Crippen LogP contribution in [0.3, 0.4) is 0 Å². The maximum absolute atomic E-state index is 14.5. The van der Waals surface area contributed by atoms with Crippen LogP contribution in [0.1, 0.15) is 94.0 Å². The van der Waals surface area contributed by atoms with Gasteiger partial charge in [0.2, 0.25) is 0 Å². The van der Waals surface area contributed by atoms with Gasteiger partial charge in [-0.1, -0.05) is 18.2 Å². The molecule has 15 N–H and O–H groups in total. The number of hydrogen-bond acceptors (Lipinski definition) is 21. The van der Waals surface area contributed by atoms with E-state index in [1.54, 1.807) is 0 Å². The maximum Gasteiger partial charge on any atom is 0.295 e. The third kappa shape index (κ3) is 18.4. The van der Waals surface area contributed by atoms with Gasteiger partial charge in [-0.05, 0) is 127 Å². The number of aryl methyl sites for hydroxylation is 6. The van der Waals surface area contributed by atoms with Gasteiger partial charge in [-0.15, -0.1) is 0 Å². The number of aromatic nitrogens is 6. The topological polar surface area (TPSA) is 618 Å². The van der Waals surface area contributed by atoms with Crippen LogP contribution in [0.5, 0.6) is 0 Å². The summed E-state index contributed by atoms with van der Waals surface area (Å²) in [4.78, 5) is 123. The van der Waals surface area contributed by atoms with Crippen molar-refractivity contribution in [3.05, 3.63) is 234 Å². The van der Waals surface area contributed by atoms with Gasteiger partial charge in [0.25, 0.3) is 114 Å². The molecule has 7 aromatic carbocycles. The monoisotopic (exact) mass is 1800 g/mol. The third-order valence-electron chi connectivity index (χ3n) is 19.0. The second kappa shape index (κ2) is 32.0. The molecule has 123 heavy (non-hydrogen) atoms. The zero-order valence-corrected chi connectivity index (χ0v) is 68.6. The van der Waals surface area contributed by atoms with Gasteiger partial charge >= 0.3 is 0 Å². The first-order valence-corrected chi connectivity index (χ1v) is 43.5. The molecule has 0 bridgehead atoms. The fourth-order valence-corrected chi connectivity index (χ4v) is 16.9. The van der Waals surface area contributed by atoms with Gasteiger partial charge in [0.05, 0.1) is 48.8 Å². The van der Waals surface area contributed by atoms with E-state index in [0.29, 0.717) is 0 Å². The lowest BCUT2D eigenvalue weighted by Crippen LogP contribution is -2.19. The average Bonchev–Trinajstić information content (AvgIpc) is 0.988. The van der Waals surface area contributed by atoms with E-state index in [1.807, 2.05) is 0 Å². The molecule has 6 heterocycles. The van der Waals surface area contributed by atoms with E-state index in [0.717, 1.165) is 109 Å². The van der Waals surface area contributed by atoms with Crippen LogP contribution in [0.2, 0.25) is 0 Å². The number of rotatable bonds is 24. The second-order valence-electron chi connectivity index (χ2n) is 27.5. The summed E-state index contributed by atoms with van der Waals surface area (Å²) in [7, 11) is -20.8. The van der Waals surface area contributed by atoms with Crippen LogP contribution < -0.4 is 47.9 Å². The van der Waals surface area contributed by atoms with Crippen molar-refractivity contribution >= 4 is 197 Å². The minimum absolute atomic E-state index is 0.0183. The normalized spacial score (nSPS) is 12.1. The highest BCUT2D eigenvalue weighted by atomic mass is 32.2. The van der Waals surface area contributed by atoms with E-state index in [1.165, 1.54) is 143 Å². The highest BCUT2D eigenvalue weighted by molar-refractivity contribution is 7.87. The van der Waals surface area contributed by atoms with Crippen LogP contribution in [-0.4, -0.2) is 158 Å². The van der Waals surface area contributed by atoms with E-state index >= 15 is 0 Å². The summed E-state index contributed by atoms with van der Waals surface area (Å²) in [5, 5.41) is 22.3. The Morgan fingerprint density at radius 2 is 0.407 bits per heavy atom. The quantitative estimate of drug-likeness (QED) is 0.0255. The molecule has 0 aliphatic heterocycles. The van der Waals surface area contributed by atoms with Crippen LogP contribution in [0.15, 0.2) is 212 Å². The van der Waals surface area contributed by atoms with Gasteiger partial charge in [0.15, 0.2) is 0 Å². The lowest BCUT2D eigenvalue weighted by atomic mass is 10.0. The summed E-state index contributed by atoms with van der Waals surface area (Å²) in [6.07, 6.45) is 8.06. The maximum atomic E-state index is 14.5. The number of carbonyl (C=O) groups excluding carboxylic acids is 9. The molecule has 0 unspecified atom stereocenters. The number of fused-ring (bicyclic) bond motifs is 3. The lowest BCUT2D eigenvalue weighted by Gasteiger charge is -2.12. The number of nitrogens with one attached hydrogen (secondary N) is 9. The van der Waals surface area contributed by atoms with Crippen LogP contribution in [0.25, 0.3) is 32.3 Å². The van der Waals surface area contributed by atoms with Crippen molar-refractivity contribution in [1.29, 1.82) is 0 Å². The van der Waals surface area contributed by atoms with Crippen molar-refractivity contribution < 1.29 is 121 Å². The average molecular weight is 1800 g/mol. The number of nitrogens with zero attached hydrogens (tertiary/aromatic N) is 6. The number of benzene rings is 7. The molecule has 9 amide bonds. The smallest absolute Gasteiger partial charge is 0.295 e. The molecule has 42 nitrogen and oxygen atoms in total. The molecule has 0 saturated carbocycles. The molecule has 0 fully saturated rings. The number of hydrogen-bond donors (Lipinski definition) is 15. The molecule has 0 spiro atoms. The number of anilines is 9. The minimum atomic E-state index is -4.97. The molecule has 6 aromatic heterocycles. The Kier molecular flexibility index (Phi) is 22.5. The van der Waals surface area contributed by atoms with E-state index in [2.05, 4.69) is 47.9 Å². The highest BCUT2D eigenvalue weighted by Gasteiger charge is 2.29. The number of carbonyl (C=O) groups is 9. The van der Waals surface area contributed by atoms with Crippen LogP contribution >= 0.6 is 0 Å². The molecule has 0 saturated heterocycles. The molecule has 13 aromatic rings. The Balaban J connectivity index is 0.729. The van der Waals surface area contributed by atoms with Gasteiger partial charge in [-0.2, -0.15) is 50.5 Å². The Labute approximate surface area is 694 Å². The SMILES string of the molecule is Cn1cc(NC(=O)c2cc(C(=O)Nc3cc(C(=O)Nc4cc(C(=O)Nc5ccc(S(=O)(=O)O)c6cc(S(=O)(=O)O)ccc56)n(C)c4)n(C)c3)cc(C(=O)Nc3cc(C(=O)Nc4cc(C(=O)Nc5ccc(S(=O)(=O)O)c6cc(S(=O)(=O)O)ccc56)n(C)c4)n(C)c3)c2)cc1C(=O)Nc1cc(C(=O)Nc2ccc(S(=O)(=O)O)c3cc(S(=O)(=O)O)ccc23)n(C)c1. The summed E-state index contributed by atoms with van der Waals surface area (Å²) in [6, 6.07) is 25.4. The summed E-state index contributed by atoms with van der Waals surface area (Å²) >= 11 is 0. The van der Waals surface area contributed by atoms with Crippen molar-refractivity contribution in [2.24, 2.45) is 42.3 Å². The molecule has 48 heteroatoms. The molecule has 0 radical (unpaired) electrons. The summed E-state index contributed by atoms with van der Waals surface area (Å²) < 4.78 is 212. The van der Waals surface area contributed by atoms with E-state index in [-0.39, 0.29) is 134 Å². The highest BCUT2D eigenvalue weighted by Crippen LogP contribution is 2.37. The first kappa shape index (κ1) is 86.5. The lowest BCUT2D eigenvalue weighted by molar-refractivity contribution is 0.100. The van der Waals surface area contributed by atoms with Gasteiger partial charge in [-0.25, -0.2) is 0 Å². The molecular formula is C75H63N15O27S6. The Bertz CT molecular complexity index is 6870. The second-order valence-corrected chi connectivity index (χ2v) is 36.0. The Morgan fingerprint density at radius 1 is 0.220 bits per heavy atom. The molecule has 636 valence electrons. The summed E-state index contributed by atoms with van der Waals surface area (Å²) in [5.74, 6) is -7.74. The zero-order chi connectivity index (χ0) is 89.6. The molecule has 0 aliphatic carbocycles. The standard InChI is InChI=1S/C75H63N15O27S6/c1-85-31-40(22-58(85)70(94)79-43-25-61(88(4)34-43)73(97)82-55-13-16-64(121(109,110)111)52-28-46(118(100,101)102)7-10-49(52)55)76-67(91)37-19-38(68(92)77-41-23-59(86(2)32-41)71(95)80-44-26-62(89(5)35-44)74(98)83-56-14-17-65(122(112,113)114)53-29-47(119(103,104)105)8-11-50(53)56)21-39(20-37)69(93)78-42-24-60(87(3)33-42)72(96)81-45-27-63(90(6)36-45)75(99)84-57-15-18-66(123(115,116)117)54-30-48(120(106,107)108)9-12-51(54)57/h7-36H,1-6H3,(H,76,91)(H,77,92)(H,78,93)(H,79,94)(H,80,95)(H,81,96)(H,82,97)(H,83,98)(H,84,99)(H,100,101,102)(H,103,104,105)(H,106,107,108)(H,109,110,111)(H,112,113,114)(H,115,116,117). The van der Waals surface area contributed by atoms with Crippen LogP contribution in [0, 0.1) is 0 Å². The van der Waals surface area contributed by atoms with Gasteiger partial charge in [0, 0.05) is 146 Å². The zero-order valence-electron chi connectivity index (χ0n) is 63.7. The van der Waals surface area contributed by atoms with Gasteiger partial charge in [0.1, 0.15) is 48.9 Å². The Hall–Kier alpha value is -14.3. The minimum Gasteiger partial charge on any atom is -0.344 e. The first-order valence-electron chi connectivity index (χ1n) is 34.9. The predicted molar refractivity (Wildman–Crippen MR) is 441 cm³/mol. The summed E-state index contributed by atoms with van der Waals surface area (Å²) in [5.41, 5.74) is -1.61. The van der Waals surface area contributed by atoms with Crippen molar-refractivity contribution in [2.45, 2.75) is 29.4 Å². The number of amides is 9. The summed E-state index contributed by atoms with van der Waals surface area (Å²) in [6.45, 7) is 0. The van der Waals surface area contributed by atoms with E-state index < -0.39 is 143 Å². The molecule has 0 atom stereocenters. The molecular weight excluding hydrogens is 1740 g/mol. The van der Waals surface area contributed by atoms with Gasteiger partial charge in [-0.3, -0.25) is 70.5 Å². The van der Waals surface area contributed by atoms with Crippen molar-refractivity contribution in [2.75, 3.05) is 47.9 Å². The fraction of sp³-hybridized carbons (Fsp3) is 0.0800. The predicted octanol–water partition coefficient (Wildman–Crippen LogP) is 7.93. The van der Waals surface area contributed by atoms with Crippen molar-refractivity contribution in [3.8, 4) is 0 Å². The van der Waals surface area contributed by atoms with Crippen molar-refractivity contribution in [3.63, 3.8) is 0 Å². The van der Waals surface area contributed by atoms with Crippen LogP contribution in [-0.2, 0) is 103 Å². The Morgan fingerprint density at radius 3 is 0.593 bits per heavy atom. The largest absolute Gasteiger partial charge is 0.344 e. The van der Waals surface area contributed by atoms with Gasteiger partial charge < -0.3 is 75.3 Å². The van der Waals surface area contributed by atoms with Crippen molar-refractivity contribution in [1.82, 2.24) is 27.4 Å². The van der Waals surface area contributed by atoms with Crippen LogP contribution in [0.4, 0.5) is 51.2 Å². The molecule has 0 aliphatic rings. The third-order valence-corrected chi connectivity index (χ3v) is 24.3.